The Labute approximate surface area is 162 Å². The lowest BCUT2D eigenvalue weighted by atomic mass is 9.99. The Morgan fingerprint density at radius 3 is 2.46 bits per heavy atom. The van der Waals surface area contributed by atoms with Gasteiger partial charge in [-0.15, -0.1) is 13.2 Å². The van der Waals surface area contributed by atoms with Gasteiger partial charge in [-0.1, -0.05) is 13.8 Å². The molecule has 7 heteroatoms. The van der Waals surface area contributed by atoms with Crippen molar-refractivity contribution in [2.75, 3.05) is 18.1 Å². The van der Waals surface area contributed by atoms with Crippen molar-refractivity contribution < 1.29 is 17.9 Å². The maximum absolute atomic E-state index is 12.4. The van der Waals surface area contributed by atoms with Gasteiger partial charge < -0.3 is 9.64 Å². The van der Waals surface area contributed by atoms with Crippen LogP contribution < -0.4 is 9.64 Å². The molecule has 1 aliphatic heterocycles. The zero-order valence-electron chi connectivity index (χ0n) is 16.0. The number of ether oxygens (including phenoxy) is 1. The van der Waals surface area contributed by atoms with Crippen molar-refractivity contribution in [1.29, 1.82) is 0 Å². The number of rotatable bonds is 5. The summed E-state index contributed by atoms with van der Waals surface area (Å²) in [6.45, 7) is 6.87. The molecule has 0 bridgehead atoms. The second kappa shape index (κ2) is 6.95. The summed E-state index contributed by atoms with van der Waals surface area (Å²) in [6.07, 6.45) is 1.44. The van der Waals surface area contributed by atoms with Gasteiger partial charge in [0.1, 0.15) is 5.75 Å². The predicted octanol–water partition coefficient (Wildman–Crippen LogP) is 4.92. The number of pyridine rings is 1. The Morgan fingerprint density at radius 1 is 1.14 bits per heavy atom. The second-order valence-corrected chi connectivity index (χ2v) is 8.03. The molecule has 2 aliphatic rings. The number of halogens is 3. The highest BCUT2D eigenvalue weighted by atomic mass is 19.4. The summed E-state index contributed by atoms with van der Waals surface area (Å²) in [4.78, 5) is 9.00. The van der Waals surface area contributed by atoms with Crippen LogP contribution in [0.15, 0.2) is 42.7 Å². The second-order valence-electron chi connectivity index (χ2n) is 8.03. The highest BCUT2D eigenvalue weighted by Crippen LogP contribution is 2.48. The lowest BCUT2D eigenvalue weighted by molar-refractivity contribution is -0.274. The molecule has 1 saturated heterocycles. The summed E-state index contributed by atoms with van der Waals surface area (Å²) in [5.74, 6) is 0.227. The fourth-order valence-electron chi connectivity index (χ4n) is 4.03. The lowest BCUT2D eigenvalue weighted by Gasteiger charge is -2.24. The first-order chi connectivity index (χ1) is 13.3. The molecule has 2 aromatic rings. The van der Waals surface area contributed by atoms with Crippen molar-refractivity contribution in [2.24, 2.45) is 0 Å². The molecule has 2 heterocycles. The van der Waals surface area contributed by atoms with Gasteiger partial charge in [0.05, 0.1) is 6.67 Å². The van der Waals surface area contributed by atoms with Crippen LogP contribution in [0.2, 0.25) is 0 Å². The summed E-state index contributed by atoms with van der Waals surface area (Å²) in [7, 11) is 0. The van der Waals surface area contributed by atoms with E-state index >= 15 is 0 Å². The average Bonchev–Trinajstić information content (AvgIpc) is 3.32. The summed E-state index contributed by atoms with van der Waals surface area (Å²) in [5.41, 5.74) is 3.66. The Bertz CT molecular complexity index is 832. The summed E-state index contributed by atoms with van der Waals surface area (Å²) < 4.78 is 41.0. The molecule has 1 saturated carbocycles. The summed E-state index contributed by atoms with van der Waals surface area (Å²) in [6, 6.07) is 8.26. The molecule has 150 valence electrons. The number of anilines is 1. The van der Waals surface area contributed by atoms with Gasteiger partial charge in [-0.2, -0.15) is 0 Å². The van der Waals surface area contributed by atoms with Crippen LogP contribution in [0.5, 0.6) is 5.75 Å². The van der Waals surface area contributed by atoms with Gasteiger partial charge in [0.25, 0.3) is 0 Å². The smallest absolute Gasteiger partial charge is 0.406 e. The SMILES string of the molecule is CC(C)c1cnccc1CN1CN(c2ccc(OC(F)(F)F)cc2)CC12CC2. The van der Waals surface area contributed by atoms with Crippen molar-refractivity contribution >= 4 is 5.69 Å². The van der Waals surface area contributed by atoms with E-state index in [2.05, 4.69) is 39.4 Å². The first-order valence-electron chi connectivity index (χ1n) is 9.54. The molecule has 1 aliphatic carbocycles. The van der Waals surface area contributed by atoms with Crippen LogP contribution in [-0.4, -0.2) is 35.0 Å². The van der Waals surface area contributed by atoms with Crippen LogP contribution in [0.1, 0.15) is 43.7 Å². The number of alkyl halides is 3. The van der Waals surface area contributed by atoms with Crippen LogP contribution in [0.3, 0.4) is 0 Å². The number of aromatic nitrogens is 1. The van der Waals surface area contributed by atoms with Crippen LogP contribution in [0.25, 0.3) is 0 Å². The molecule has 1 aromatic heterocycles. The van der Waals surface area contributed by atoms with E-state index in [1.807, 2.05) is 12.4 Å². The zero-order valence-corrected chi connectivity index (χ0v) is 16.0. The fraction of sp³-hybridized carbons (Fsp3) is 0.476. The van der Waals surface area contributed by atoms with E-state index in [-0.39, 0.29) is 11.3 Å². The number of hydrogen-bond acceptors (Lipinski definition) is 4. The summed E-state index contributed by atoms with van der Waals surface area (Å²) in [5, 5.41) is 0. The Kier molecular flexibility index (Phi) is 4.73. The van der Waals surface area contributed by atoms with E-state index in [1.165, 1.54) is 23.3 Å². The number of nitrogens with zero attached hydrogens (tertiary/aromatic N) is 3. The van der Waals surface area contributed by atoms with Crippen LogP contribution in [-0.2, 0) is 6.54 Å². The molecule has 4 rings (SSSR count). The van der Waals surface area contributed by atoms with E-state index in [1.54, 1.807) is 12.1 Å². The molecule has 1 spiro atoms. The van der Waals surface area contributed by atoms with Crippen LogP contribution >= 0.6 is 0 Å². The molecule has 4 nitrogen and oxygen atoms in total. The van der Waals surface area contributed by atoms with Crippen molar-refractivity contribution in [2.45, 2.75) is 51.1 Å². The first kappa shape index (κ1) is 19.1. The van der Waals surface area contributed by atoms with Gasteiger partial charge in [-0.25, -0.2) is 0 Å². The van der Waals surface area contributed by atoms with Gasteiger partial charge in [0.2, 0.25) is 0 Å². The molecule has 0 unspecified atom stereocenters. The number of benzene rings is 1. The molecule has 1 aromatic carbocycles. The quantitative estimate of drug-likeness (QED) is 0.724. The molecule has 2 fully saturated rings. The molecule has 0 amide bonds. The third kappa shape index (κ3) is 3.94. The number of hydrogen-bond donors (Lipinski definition) is 0. The van der Waals surface area contributed by atoms with Gasteiger partial charge >= 0.3 is 6.36 Å². The van der Waals surface area contributed by atoms with E-state index < -0.39 is 6.36 Å². The maximum atomic E-state index is 12.4. The first-order valence-corrected chi connectivity index (χ1v) is 9.54. The molecule has 0 radical (unpaired) electrons. The minimum absolute atomic E-state index is 0.179. The van der Waals surface area contributed by atoms with Crippen molar-refractivity contribution in [3.63, 3.8) is 0 Å². The van der Waals surface area contributed by atoms with Crippen molar-refractivity contribution in [3.05, 3.63) is 53.9 Å². The minimum Gasteiger partial charge on any atom is -0.406 e. The maximum Gasteiger partial charge on any atom is 0.573 e. The fourth-order valence-corrected chi connectivity index (χ4v) is 4.03. The van der Waals surface area contributed by atoms with Gasteiger partial charge in [0.15, 0.2) is 0 Å². The largest absolute Gasteiger partial charge is 0.573 e. The topological polar surface area (TPSA) is 28.6 Å². The van der Waals surface area contributed by atoms with Crippen molar-refractivity contribution in [1.82, 2.24) is 9.88 Å². The van der Waals surface area contributed by atoms with E-state index in [0.29, 0.717) is 5.92 Å². The Morgan fingerprint density at radius 2 is 1.86 bits per heavy atom. The highest BCUT2D eigenvalue weighted by molar-refractivity contribution is 5.51. The van der Waals surface area contributed by atoms with Gasteiger partial charge in [-0.05, 0) is 60.2 Å². The monoisotopic (exact) mass is 391 g/mol. The Hall–Kier alpha value is -2.28. The summed E-state index contributed by atoms with van der Waals surface area (Å²) >= 11 is 0. The zero-order chi connectivity index (χ0) is 19.9. The molecule has 0 atom stereocenters. The van der Waals surface area contributed by atoms with Gasteiger partial charge in [0, 0.05) is 36.7 Å². The van der Waals surface area contributed by atoms with E-state index in [9.17, 15) is 13.2 Å². The normalized spacial score (nSPS) is 18.9. The minimum atomic E-state index is -4.66. The van der Waals surface area contributed by atoms with Crippen molar-refractivity contribution in [3.8, 4) is 5.75 Å². The third-order valence-electron chi connectivity index (χ3n) is 5.69. The average molecular weight is 391 g/mol. The Balaban J connectivity index is 1.48. The predicted molar refractivity (Wildman–Crippen MR) is 101 cm³/mol. The molecular formula is C21H24F3N3O. The molecule has 0 N–H and O–H groups in total. The van der Waals surface area contributed by atoms with E-state index in [0.717, 1.165) is 38.3 Å². The van der Waals surface area contributed by atoms with Gasteiger partial charge in [-0.3, -0.25) is 9.88 Å². The lowest BCUT2D eigenvalue weighted by Crippen LogP contribution is -2.32. The third-order valence-corrected chi connectivity index (χ3v) is 5.69. The molecular weight excluding hydrogens is 367 g/mol. The highest BCUT2D eigenvalue weighted by Gasteiger charge is 2.53. The molecule has 28 heavy (non-hydrogen) atoms. The van der Waals surface area contributed by atoms with Crippen LogP contribution in [0.4, 0.5) is 18.9 Å². The van der Waals surface area contributed by atoms with Crippen LogP contribution in [0, 0.1) is 0 Å². The standard InChI is InChI=1S/C21H24F3N3O/c1-15(2)19-11-25-10-7-16(19)12-27-14-26(13-20(27)8-9-20)17-3-5-18(6-4-17)28-21(22,23)24/h3-7,10-11,15H,8-9,12-14H2,1-2H3. The van der Waals surface area contributed by atoms with E-state index in [4.69, 9.17) is 0 Å².